The van der Waals surface area contributed by atoms with E-state index in [-0.39, 0.29) is 23.8 Å². The number of aromatic nitrogens is 3. The Hall–Kier alpha value is -1.92. The maximum absolute atomic E-state index is 12.7. The maximum Gasteiger partial charge on any atom is 0.248 e. The predicted octanol–water partition coefficient (Wildman–Crippen LogP) is 0.467. The first-order valence-electron chi connectivity index (χ1n) is 7.00. The van der Waals surface area contributed by atoms with Crippen LogP contribution >= 0.6 is 0 Å². The molecule has 7 heteroatoms. The first-order valence-corrected chi connectivity index (χ1v) is 7.00. The van der Waals surface area contributed by atoms with Gasteiger partial charge in [0.1, 0.15) is 17.3 Å². The summed E-state index contributed by atoms with van der Waals surface area (Å²) >= 11 is 0. The lowest BCUT2D eigenvalue weighted by Gasteiger charge is -2.47. The SMILES string of the molecule is Cn1cc(CN2C(=O)C(C)(C)NC(=O)C2C(C)(C)C)nn1. The average molecular weight is 293 g/mol. The summed E-state index contributed by atoms with van der Waals surface area (Å²) in [5.74, 6) is -0.233. The largest absolute Gasteiger partial charge is 0.340 e. The number of nitrogens with zero attached hydrogens (tertiary/aromatic N) is 4. The number of hydrogen-bond donors (Lipinski definition) is 1. The van der Waals surface area contributed by atoms with Gasteiger partial charge in [0, 0.05) is 13.2 Å². The summed E-state index contributed by atoms with van der Waals surface area (Å²) in [6.45, 7) is 9.57. The van der Waals surface area contributed by atoms with E-state index >= 15 is 0 Å². The van der Waals surface area contributed by atoms with Crippen molar-refractivity contribution in [2.24, 2.45) is 12.5 Å². The molecule has 0 bridgehead atoms. The number of aryl methyl sites for hydroxylation is 1. The monoisotopic (exact) mass is 293 g/mol. The van der Waals surface area contributed by atoms with Crippen LogP contribution in [-0.2, 0) is 23.2 Å². The molecular weight excluding hydrogens is 270 g/mol. The fourth-order valence-corrected chi connectivity index (χ4v) is 2.71. The number of nitrogens with one attached hydrogen (secondary N) is 1. The van der Waals surface area contributed by atoms with Crippen molar-refractivity contribution in [3.05, 3.63) is 11.9 Å². The Morgan fingerprint density at radius 1 is 1.33 bits per heavy atom. The molecule has 0 spiro atoms. The van der Waals surface area contributed by atoms with Crippen LogP contribution in [0.3, 0.4) is 0 Å². The highest BCUT2D eigenvalue weighted by atomic mass is 16.2. The summed E-state index contributed by atoms with van der Waals surface area (Å²) in [4.78, 5) is 26.8. The molecule has 2 heterocycles. The molecule has 2 amide bonds. The fraction of sp³-hybridized carbons (Fsp3) is 0.714. The molecule has 0 aliphatic carbocycles. The number of hydrogen-bond acceptors (Lipinski definition) is 4. The predicted molar refractivity (Wildman–Crippen MR) is 77.0 cm³/mol. The van der Waals surface area contributed by atoms with Gasteiger partial charge in [-0.05, 0) is 19.3 Å². The van der Waals surface area contributed by atoms with Crippen molar-refractivity contribution in [3.8, 4) is 0 Å². The first-order chi connectivity index (χ1) is 9.52. The fourth-order valence-electron chi connectivity index (χ4n) is 2.71. The van der Waals surface area contributed by atoms with Gasteiger partial charge in [-0.1, -0.05) is 26.0 Å². The standard InChI is InChI=1S/C14H23N5O2/c1-13(2,3)10-11(20)15-14(4,5)12(21)19(10)8-9-7-18(6)17-16-9/h7,10H,8H2,1-6H3,(H,15,20). The topological polar surface area (TPSA) is 80.1 Å². The molecule has 0 radical (unpaired) electrons. The van der Waals surface area contributed by atoms with Crippen LogP contribution in [0.15, 0.2) is 6.20 Å². The van der Waals surface area contributed by atoms with Crippen LogP contribution in [-0.4, -0.2) is 43.3 Å². The molecule has 0 saturated carbocycles. The molecule has 1 unspecified atom stereocenters. The third kappa shape index (κ3) is 2.91. The Morgan fingerprint density at radius 3 is 2.43 bits per heavy atom. The van der Waals surface area contributed by atoms with E-state index in [1.54, 1.807) is 36.7 Å². The third-order valence-electron chi connectivity index (χ3n) is 3.59. The zero-order chi connectivity index (χ0) is 16.0. The van der Waals surface area contributed by atoms with Crippen molar-refractivity contribution in [1.29, 1.82) is 0 Å². The van der Waals surface area contributed by atoms with Crippen LogP contribution < -0.4 is 5.32 Å². The van der Waals surface area contributed by atoms with Crippen LogP contribution in [0.1, 0.15) is 40.3 Å². The van der Waals surface area contributed by atoms with Crippen molar-refractivity contribution in [2.45, 2.75) is 52.7 Å². The van der Waals surface area contributed by atoms with E-state index in [1.807, 2.05) is 20.8 Å². The van der Waals surface area contributed by atoms with Crippen LogP contribution in [0, 0.1) is 5.41 Å². The van der Waals surface area contributed by atoms with E-state index in [9.17, 15) is 9.59 Å². The number of carbonyl (C=O) groups excluding carboxylic acids is 2. The second kappa shape index (κ2) is 4.82. The quantitative estimate of drug-likeness (QED) is 0.859. The summed E-state index contributed by atoms with van der Waals surface area (Å²) in [5.41, 5.74) is -0.593. The van der Waals surface area contributed by atoms with Crippen LogP contribution in [0.5, 0.6) is 0 Å². The molecule has 7 nitrogen and oxygen atoms in total. The molecule has 1 N–H and O–H groups in total. The molecule has 1 saturated heterocycles. The molecule has 1 aromatic rings. The van der Waals surface area contributed by atoms with Gasteiger partial charge in [0.05, 0.1) is 6.54 Å². The number of rotatable bonds is 2. The Balaban J connectivity index is 2.38. The molecule has 2 rings (SSSR count). The molecule has 1 aliphatic heterocycles. The van der Waals surface area contributed by atoms with E-state index in [4.69, 9.17) is 0 Å². The maximum atomic E-state index is 12.7. The van der Waals surface area contributed by atoms with E-state index < -0.39 is 11.6 Å². The summed E-state index contributed by atoms with van der Waals surface area (Å²) in [7, 11) is 1.77. The Bertz CT molecular complexity index is 570. The van der Waals surface area contributed by atoms with Crippen molar-refractivity contribution in [3.63, 3.8) is 0 Å². The Labute approximate surface area is 124 Å². The third-order valence-corrected chi connectivity index (χ3v) is 3.59. The highest BCUT2D eigenvalue weighted by Crippen LogP contribution is 2.31. The lowest BCUT2D eigenvalue weighted by Crippen LogP contribution is -2.70. The molecular formula is C14H23N5O2. The molecule has 1 atom stereocenters. The minimum Gasteiger partial charge on any atom is -0.340 e. The highest BCUT2D eigenvalue weighted by molar-refractivity contribution is 5.99. The van der Waals surface area contributed by atoms with Crippen molar-refractivity contribution in [1.82, 2.24) is 25.2 Å². The number of amides is 2. The van der Waals surface area contributed by atoms with Crippen molar-refractivity contribution in [2.75, 3.05) is 0 Å². The van der Waals surface area contributed by atoms with Crippen LogP contribution in [0.4, 0.5) is 0 Å². The second-order valence-corrected chi connectivity index (χ2v) is 7.20. The van der Waals surface area contributed by atoms with E-state index in [0.29, 0.717) is 5.69 Å². The minimum atomic E-state index is -0.902. The lowest BCUT2D eigenvalue weighted by atomic mass is 9.81. The van der Waals surface area contributed by atoms with Gasteiger partial charge in [-0.25, -0.2) is 0 Å². The van der Waals surface area contributed by atoms with E-state index in [0.717, 1.165) is 0 Å². The minimum absolute atomic E-state index is 0.104. The molecule has 1 aliphatic rings. The van der Waals surface area contributed by atoms with Gasteiger partial charge >= 0.3 is 0 Å². The molecule has 1 aromatic heterocycles. The van der Waals surface area contributed by atoms with Gasteiger partial charge in [-0.2, -0.15) is 0 Å². The van der Waals surface area contributed by atoms with E-state index in [1.165, 1.54) is 0 Å². The van der Waals surface area contributed by atoms with Gasteiger partial charge < -0.3 is 10.2 Å². The summed E-state index contributed by atoms with van der Waals surface area (Å²) in [5, 5.41) is 10.7. The second-order valence-electron chi connectivity index (χ2n) is 7.20. The van der Waals surface area contributed by atoms with E-state index in [2.05, 4.69) is 15.6 Å². The smallest absolute Gasteiger partial charge is 0.248 e. The zero-order valence-electron chi connectivity index (χ0n) is 13.5. The highest BCUT2D eigenvalue weighted by Gasteiger charge is 2.49. The summed E-state index contributed by atoms with van der Waals surface area (Å²) < 4.78 is 1.58. The molecule has 21 heavy (non-hydrogen) atoms. The van der Waals surface area contributed by atoms with Crippen molar-refractivity contribution < 1.29 is 9.59 Å². The molecule has 1 fully saturated rings. The lowest BCUT2D eigenvalue weighted by molar-refractivity contribution is -0.158. The van der Waals surface area contributed by atoms with Crippen LogP contribution in [0.2, 0.25) is 0 Å². The first kappa shape index (κ1) is 15.5. The summed E-state index contributed by atoms with van der Waals surface area (Å²) in [6, 6.07) is -0.528. The number of piperazine rings is 1. The zero-order valence-corrected chi connectivity index (χ0v) is 13.5. The molecule has 0 aromatic carbocycles. The van der Waals surface area contributed by atoms with Gasteiger partial charge in [0.25, 0.3) is 0 Å². The molecule has 116 valence electrons. The van der Waals surface area contributed by atoms with Gasteiger partial charge in [0.2, 0.25) is 11.8 Å². The average Bonchev–Trinajstić information content (AvgIpc) is 2.69. The van der Waals surface area contributed by atoms with Gasteiger partial charge in [-0.15, -0.1) is 5.10 Å². The summed E-state index contributed by atoms with van der Waals surface area (Å²) in [6.07, 6.45) is 1.76. The number of carbonyl (C=O) groups is 2. The normalized spacial score (nSPS) is 22.4. The Kier molecular flexibility index (Phi) is 3.55. The van der Waals surface area contributed by atoms with Gasteiger partial charge in [0.15, 0.2) is 0 Å². The van der Waals surface area contributed by atoms with Crippen LogP contribution in [0.25, 0.3) is 0 Å². The van der Waals surface area contributed by atoms with Crippen molar-refractivity contribution >= 4 is 11.8 Å². The Morgan fingerprint density at radius 2 is 1.95 bits per heavy atom. The van der Waals surface area contributed by atoms with Gasteiger partial charge in [-0.3, -0.25) is 14.3 Å².